The molecule has 0 fully saturated rings. The van der Waals surface area contributed by atoms with Gasteiger partial charge in [-0.15, -0.1) is 0 Å². The van der Waals surface area contributed by atoms with Crippen LogP contribution < -0.4 is 10.5 Å². The normalized spacial score (nSPS) is 11.2. The molecule has 128 valence electrons. The zero-order chi connectivity index (χ0) is 18.0. The van der Waals surface area contributed by atoms with E-state index >= 15 is 0 Å². The zero-order valence-corrected chi connectivity index (χ0v) is 13.6. The minimum Gasteiger partial charge on any atom is -0.399 e. The van der Waals surface area contributed by atoms with Gasteiger partial charge in [0.25, 0.3) is 15.7 Å². The fourth-order valence-corrected chi connectivity index (χ4v) is 3.13. The van der Waals surface area contributed by atoms with E-state index in [0.717, 1.165) is 0 Å². The molecule has 0 unspecified atom stereocenters. The van der Waals surface area contributed by atoms with Gasteiger partial charge in [0.1, 0.15) is 0 Å². The Kier molecular flexibility index (Phi) is 4.11. The number of nitro benzene ring substituents is 1. The predicted octanol–water partition coefficient (Wildman–Crippen LogP) is 2.16. The Morgan fingerprint density at radius 3 is 2.32 bits per heavy atom. The molecule has 0 radical (unpaired) electrons. The highest BCUT2D eigenvalue weighted by Crippen LogP contribution is 2.19. The Morgan fingerprint density at radius 2 is 1.72 bits per heavy atom. The quantitative estimate of drug-likeness (QED) is 0.407. The summed E-state index contributed by atoms with van der Waals surface area (Å²) >= 11 is 0. The molecule has 25 heavy (non-hydrogen) atoms. The van der Waals surface area contributed by atoms with Crippen molar-refractivity contribution < 1.29 is 13.3 Å². The van der Waals surface area contributed by atoms with E-state index in [9.17, 15) is 18.5 Å². The molecule has 1 aromatic heterocycles. The van der Waals surface area contributed by atoms with E-state index in [0.29, 0.717) is 11.4 Å². The highest BCUT2D eigenvalue weighted by atomic mass is 32.2. The largest absolute Gasteiger partial charge is 0.399 e. The minimum atomic E-state index is -3.77. The molecule has 3 rings (SSSR count). The molecule has 3 N–H and O–H groups in total. The Morgan fingerprint density at radius 1 is 1.08 bits per heavy atom. The van der Waals surface area contributed by atoms with Gasteiger partial charge in [-0.05, 0) is 36.4 Å². The summed E-state index contributed by atoms with van der Waals surface area (Å²) in [6.45, 7) is 0. The van der Waals surface area contributed by atoms with Crippen molar-refractivity contribution >= 4 is 27.1 Å². The first-order valence-electron chi connectivity index (χ1n) is 7.03. The summed E-state index contributed by atoms with van der Waals surface area (Å²) in [4.78, 5) is 10.2. The van der Waals surface area contributed by atoms with Crippen molar-refractivity contribution in [1.82, 2.24) is 9.78 Å². The van der Waals surface area contributed by atoms with Gasteiger partial charge >= 0.3 is 0 Å². The van der Waals surface area contributed by atoms with Gasteiger partial charge < -0.3 is 5.73 Å². The van der Waals surface area contributed by atoms with Gasteiger partial charge in [-0.25, -0.2) is 13.1 Å². The van der Waals surface area contributed by atoms with Crippen molar-refractivity contribution in [3.8, 4) is 5.69 Å². The van der Waals surface area contributed by atoms with Gasteiger partial charge in [0.2, 0.25) is 0 Å². The number of aromatic nitrogens is 2. The Balaban J connectivity index is 1.81. The highest BCUT2D eigenvalue weighted by Gasteiger charge is 2.15. The van der Waals surface area contributed by atoms with Gasteiger partial charge in [0, 0.05) is 17.8 Å². The number of nitro groups is 1. The molecule has 0 atom stereocenters. The smallest absolute Gasteiger partial charge is 0.269 e. The van der Waals surface area contributed by atoms with E-state index in [4.69, 9.17) is 5.73 Å². The van der Waals surface area contributed by atoms with Crippen molar-refractivity contribution in [3.63, 3.8) is 0 Å². The summed E-state index contributed by atoms with van der Waals surface area (Å²) in [6, 6.07) is 11.5. The van der Waals surface area contributed by atoms with E-state index in [1.54, 1.807) is 0 Å². The predicted molar refractivity (Wildman–Crippen MR) is 91.9 cm³/mol. The number of hydrogen-bond acceptors (Lipinski definition) is 6. The van der Waals surface area contributed by atoms with Gasteiger partial charge in [-0.1, -0.05) is 0 Å². The summed E-state index contributed by atoms with van der Waals surface area (Å²) in [5.41, 5.74) is 6.79. The molecule has 3 aromatic rings. The van der Waals surface area contributed by atoms with Crippen LogP contribution in [0.2, 0.25) is 0 Å². The summed E-state index contributed by atoms with van der Waals surface area (Å²) in [6.07, 6.45) is 2.81. The molecule has 0 bridgehead atoms. The summed E-state index contributed by atoms with van der Waals surface area (Å²) in [5, 5.41) is 14.7. The molecule has 0 amide bonds. The third kappa shape index (κ3) is 3.58. The maximum atomic E-state index is 12.3. The van der Waals surface area contributed by atoms with Gasteiger partial charge in [0.05, 0.1) is 33.6 Å². The van der Waals surface area contributed by atoms with E-state index < -0.39 is 14.9 Å². The SMILES string of the molecule is Nc1ccc(S(=O)(=O)Nc2cnn(-c3ccc([N+](=O)[O-])cc3)c2)cc1. The fraction of sp³-hybridized carbons (Fsp3) is 0. The molecule has 0 aliphatic carbocycles. The Hall–Kier alpha value is -3.40. The molecule has 2 aromatic carbocycles. The first-order chi connectivity index (χ1) is 11.8. The van der Waals surface area contributed by atoms with Crippen molar-refractivity contribution in [3.05, 3.63) is 71.0 Å². The van der Waals surface area contributed by atoms with Crippen molar-refractivity contribution in [2.24, 2.45) is 0 Å². The lowest BCUT2D eigenvalue weighted by molar-refractivity contribution is -0.384. The molecular formula is C15H13N5O4S. The lowest BCUT2D eigenvalue weighted by atomic mass is 10.3. The first kappa shape index (κ1) is 16.5. The van der Waals surface area contributed by atoms with Crippen LogP contribution in [0, 0.1) is 10.1 Å². The van der Waals surface area contributed by atoms with E-state index in [1.165, 1.54) is 65.6 Å². The second kappa shape index (κ2) is 6.24. The average molecular weight is 359 g/mol. The van der Waals surface area contributed by atoms with Gasteiger partial charge in [0.15, 0.2) is 0 Å². The number of rotatable bonds is 5. The summed E-state index contributed by atoms with van der Waals surface area (Å²) in [5.74, 6) is 0. The number of non-ortho nitro benzene ring substituents is 1. The van der Waals surface area contributed by atoms with Crippen LogP contribution in [0.3, 0.4) is 0 Å². The van der Waals surface area contributed by atoms with E-state index in [2.05, 4.69) is 9.82 Å². The van der Waals surface area contributed by atoms with Crippen molar-refractivity contribution in [2.45, 2.75) is 4.90 Å². The lowest BCUT2D eigenvalue weighted by Crippen LogP contribution is -2.12. The number of anilines is 2. The van der Waals surface area contributed by atoms with Crippen LogP contribution in [0.4, 0.5) is 17.1 Å². The molecule has 0 aliphatic rings. The molecule has 0 saturated carbocycles. The third-order valence-electron chi connectivity index (χ3n) is 3.35. The molecule has 0 spiro atoms. The topological polar surface area (TPSA) is 133 Å². The standard InChI is InChI=1S/C15H13N5O4S/c16-11-1-7-15(8-2-11)25(23,24)18-12-9-17-19(10-12)13-3-5-14(6-4-13)20(21)22/h1-10,18H,16H2. The second-order valence-corrected chi connectivity index (χ2v) is 6.80. The summed E-state index contributed by atoms with van der Waals surface area (Å²) < 4.78 is 28.4. The Labute approximate surface area is 142 Å². The van der Waals surface area contributed by atoms with Gasteiger partial charge in [-0.3, -0.25) is 14.8 Å². The van der Waals surface area contributed by atoms with Crippen LogP contribution in [0.25, 0.3) is 5.69 Å². The number of benzene rings is 2. The number of nitrogens with one attached hydrogen (secondary N) is 1. The second-order valence-electron chi connectivity index (χ2n) is 5.12. The number of nitrogen functional groups attached to an aromatic ring is 1. The van der Waals surface area contributed by atoms with E-state index in [1.807, 2.05) is 0 Å². The summed E-state index contributed by atoms with van der Waals surface area (Å²) in [7, 11) is -3.77. The first-order valence-corrected chi connectivity index (χ1v) is 8.51. The average Bonchev–Trinajstić information content (AvgIpc) is 3.03. The van der Waals surface area contributed by atoms with Crippen LogP contribution >= 0.6 is 0 Å². The molecule has 1 heterocycles. The van der Waals surface area contributed by atoms with E-state index in [-0.39, 0.29) is 16.3 Å². The van der Waals surface area contributed by atoms with Crippen LogP contribution in [-0.4, -0.2) is 23.1 Å². The molecule has 9 nitrogen and oxygen atoms in total. The minimum absolute atomic E-state index is 0.0415. The molecule has 0 saturated heterocycles. The molecule has 10 heteroatoms. The number of nitrogens with zero attached hydrogens (tertiary/aromatic N) is 3. The van der Waals surface area contributed by atoms with Crippen LogP contribution in [-0.2, 0) is 10.0 Å². The zero-order valence-electron chi connectivity index (χ0n) is 12.7. The molecule has 0 aliphatic heterocycles. The van der Waals surface area contributed by atoms with Crippen molar-refractivity contribution in [2.75, 3.05) is 10.5 Å². The maximum absolute atomic E-state index is 12.3. The number of sulfonamides is 1. The highest BCUT2D eigenvalue weighted by molar-refractivity contribution is 7.92. The van der Waals surface area contributed by atoms with Gasteiger partial charge in [-0.2, -0.15) is 5.10 Å². The maximum Gasteiger partial charge on any atom is 0.269 e. The van der Waals surface area contributed by atoms with Crippen LogP contribution in [0.5, 0.6) is 0 Å². The van der Waals surface area contributed by atoms with Crippen LogP contribution in [0.1, 0.15) is 0 Å². The third-order valence-corrected chi connectivity index (χ3v) is 4.75. The number of nitrogens with two attached hydrogens (primary N) is 1. The Bertz CT molecular complexity index is 1010. The number of hydrogen-bond donors (Lipinski definition) is 2. The van der Waals surface area contributed by atoms with Crippen molar-refractivity contribution in [1.29, 1.82) is 0 Å². The fourth-order valence-electron chi connectivity index (χ4n) is 2.10. The molecular weight excluding hydrogens is 346 g/mol. The monoisotopic (exact) mass is 359 g/mol. The van der Waals surface area contributed by atoms with Crippen LogP contribution in [0.15, 0.2) is 65.8 Å². The lowest BCUT2D eigenvalue weighted by Gasteiger charge is -2.06.